The molecule has 1 rings (SSSR count). The molecule has 7 heteroatoms. The molecule has 0 saturated heterocycles. The summed E-state index contributed by atoms with van der Waals surface area (Å²) in [5.74, 6) is -0.281. The van der Waals surface area contributed by atoms with E-state index in [-0.39, 0.29) is 18.9 Å². The molecule has 0 fully saturated rings. The molecule has 5 nitrogen and oxygen atoms in total. The summed E-state index contributed by atoms with van der Waals surface area (Å²) >= 11 is 11.6. The predicted octanol–water partition coefficient (Wildman–Crippen LogP) is 3.63. The number of anilines is 1. The first-order valence-electron chi connectivity index (χ1n) is 4.39. The SMILES string of the molecule is [N-]=[N+]=NCCC(=O)Nc1cc(Cl)ccc1Cl. The molecule has 0 saturated carbocycles. The third-order valence-electron chi connectivity index (χ3n) is 1.70. The van der Waals surface area contributed by atoms with E-state index >= 15 is 0 Å². The summed E-state index contributed by atoms with van der Waals surface area (Å²) in [5, 5.41) is 6.71. The molecule has 1 aromatic carbocycles. The van der Waals surface area contributed by atoms with Crippen molar-refractivity contribution in [2.24, 2.45) is 5.11 Å². The van der Waals surface area contributed by atoms with Crippen molar-refractivity contribution in [1.29, 1.82) is 0 Å². The van der Waals surface area contributed by atoms with E-state index < -0.39 is 0 Å². The zero-order valence-corrected chi connectivity index (χ0v) is 9.66. The largest absolute Gasteiger partial charge is 0.325 e. The van der Waals surface area contributed by atoms with E-state index in [1.807, 2.05) is 0 Å². The van der Waals surface area contributed by atoms with Crippen molar-refractivity contribution in [1.82, 2.24) is 0 Å². The Balaban J connectivity index is 2.62. The number of hydrogen-bond donors (Lipinski definition) is 1. The Labute approximate surface area is 102 Å². The van der Waals surface area contributed by atoms with Crippen LogP contribution in [-0.2, 0) is 4.79 Å². The second-order valence-electron chi connectivity index (χ2n) is 2.88. The molecule has 0 aliphatic rings. The van der Waals surface area contributed by atoms with Gasteiger partial charge in [-0.05, 0) is 23.7 Å². The van der Waals surface area contributed by atoms with Gasteiger partial charge in [-0.2, -0.15) is 0 Å². The second-order valence-corrected chi connectivity index (χ2v) is 3.72. The lowest BCUT2D eigenvalue weighted by Gasteiger charge is -2.06. The summed E-state index contributed by atoms with van der Waals surface area (Å²) in [6.07, 6.45) is 0.104. The molecular weight excluding hydrogens is 251 g/mol. The number of azide groups is 1. The van der Waals surface area contributed by atoms with Gasteiger partial charge in [-0.15, -0.1) is 0 Å². The van der Waals surface area contributed by atoms with Gasteiger partial charge >= 0.3 is 0 Å². The Bertz CT molecular complexity index is 443. The molecule has 0 atom stereocenters. The average molecular weight is 259 g/mol. The van der Waals surface area contributed by atoms with E-state index in [0.717, 1.165) is 0 Å². The van der Waals surface area contributed by atoms with Gasteiger partial charge in [-0.3, -0.25) is 4.79 Å². The number of halogens is 2. The minimum absolute atomic E-state index is 0.104. The first-order valence-corrected chi connectivity index (χ1v) is 5.15. The van der Waals surface area contributed by atoms with Crippen LogP contribution < -0.4 is 5.32 Å². The van der Waals surface area contributed by atoms with E-state index in [0.29, 0.717) is 15.7 Å². The molecule has 0 bridgehead atoms. The zero-order valence-electron chi connectivity index (χ0n) is 8.15. The van der Waals surface area contributed by atoms with Gasteiger partial charge in [-0.25, -0.2) is 0 Å². The lowest BCUT2D eigenvalue weighted by Crippen LogP contribution is -2.12. The minimum Gasteiger partial charge on any atom is -0.325 e. The van der Waals surface area contributed by atoms with Gasteiger partial charge in [0.15, 0.2) is 0 Å². The van der Waals surface area contributed by atoms with Crippen molar-refractivity contribution in [3.8, 4) is 0 Å². The first kappa shape index (κ1) is 12.6. The average Bonchev–Trinajstić information content (AvgIpc) is 2.24. The zero-order chi connectivity index (χ0) is 12.0. The fourth-order valence-electron chi connectivity index (χ4n) is 1.00. The highest BCUT2D eigenvalue weighted by atomic mass is 35.5. The quantitative estimate of drug-likeness (QED) is 0.500. The summed E-state index contributed by atoms with van der Waals surface area (Å²) in [6.45, 7) is 0.112. The number of rotatable bonds is 4. The van der Waals surface area contributed by atoms with Crippen LogP contribution in [0.4, 0.5) is 5.69 Å². The summed E-state index contributed by atoms with van der Waals surface area (Å²) in [6, 6.07) is 4.77. The van der Waals surface area contributed by atoms with Crippen molar-refractivity contribution in [3.63, 3.8) is 0 Å². The third-order valence-corrected chi connectivity index (χ3v) is 2.27. The van der Waals surface area contributed by atoms with E-state index in [4.69, 9.17) is 28.7 Å². The van der Waals surface area contributed by atoms with Crippen LogP contribution in [-0.4, -0.2) is 12.5 Å². The molecule has 0 aromatic heterocycles. The molecule has 1 N–H and O–H groups in total. The molecule has 0 unspecified atom stereocenters. The maximum Gasteiger partial charge on any atom is 0.224 e. The van der Waals surface area contributed by atoms with Crippen molar-refractivity contribution in [3.05, 3.63) is 38.7 Å². The minimum atomic E-state index is -0.281. The lowest BCUT2D eigenvalue weighted by atomic mass is 10.3. The Morgan fingerprint density at radius 2 is 2.25 bits per heavy atom. The molecular formula is C9H8Cl2N4O. The van der Waals surface area contributed by atoms with Gasteiger partial charge in [0.1, 0.15) is 0 Å². The number of benzene rings is 1. The fraction of sp³-hybridized carbons (Fsp3) is 0.222. The summed E-state index contributed by atoms with van der Waals surface area (Å²) in [5.41, 5.74) is 8.48. The van der Waals surface area contributed by atoms with Crippen LogP contribution in [0.5, 0.6) is 0 Å². The van der Waals surface area contributed by atoms with Crippen LogP contribution in [0.2, 0.25) is 10.0 Å². The molecule has 0 aliphatic heterocycles. The monoisotopic (exact) mass is 258 g/mol. The first-order chi connectivity index (χ1) is 7.63. The summed E-state index contributed by atoms with van der Waals surface area (Å²) in [4.78, 5) is 13.9. The van der Waals surface area contributed by atoms with Gasteiger partial charge < -0.3 is 5.32 Å². The molecule has 0 radical (unpaired) electrons. The van der Waals surface area contributed by atoms with E-state index in [1.165, 1.54) is 0 Å². The third kappa shape index (κ3) is 3.98. The topological polar surface area (TPSA) is 77.9 Å². The van der Waals surface area contributed by atoms with Crippen LogP contribution in [0.15, 0.2) is 23.3 Å². The standard InChI is InChI=1S/C9H8Cl2N4O/c10-6-1-2-7(11)8(5-6)14-9(16)3-4-13-15-12/h1-2,5H,3-4H2,(H,14,16). The van der Waals surface area contributed by atoms with Gasteiger partial charge in [0.2, 0.25) is 5.91 Å². The Kier molecular flexibility index (Phi) is 4.92. The van der Waals surface area contributed by atoms with Crippen LogP contribution in [0.25, 0.3) is 10.4 Å². The van der Waals surface area contributed by atoms with Crippen LogP contribution in [0, 0.1) is 0 Å². The highest BCUT2D eigenvalue weighted by molar-refractivity contribution is 6.35. The summed E-state index contributed by atoms with van der Waals surface area (Å²) in [7, 11) is 0. The molecule has 0 aliphatic carbocycles. The Hall–Kier alpha value is -1.42. The fourth-order valence-corrected chi connectivity index (χ4v) is 1.34. The lowest BCUT2D eigenvalue weighted by molar-refractivity contribution is -0.116. The smallest absolute Gasteiger partial charge is 0.224 e. The number of amides is 1. The van der Waals surface area contributed by atoms with Crippen molar-refractivity contribution in [2.75, 3.05) is 11.9 Å². The van der Waals surface area contributed by atoms with Crippen molar-refractivity contribution >= 4 is 34.8 Å². The maximum absolute atomic E-state index is 11.4. The van der Waals surface area contributed by atoms with Crippen molar-refractivity contribution in [2.45, 2.75) is 6.42 Å². The maximum atomic E-state index is 11.4. The predicted molar refractivity (Wildman–Crippen MR) is 63.7 cm³/mol. The van der Waals surface area contributed by atoms with Crippen molar-refractivity contribution < 1.29 is 4.79 Å². The van der Waals surface area contributed by atoms with Gasteiger partial charge in [-0.1, -0.05) is 28.3 Å². The number of hydrogen-bond acceptors (Lipinski definition) is 2. The van der Waals surface area contributed by atoms with E-state index in [1.54, 1.807) is 18.2 Å². The van der Waals surface area contributed by atoms with Crippen LogP contribution in [0.3, 0.4) is 0 Å². The molecule has 84 valence electrons. The number of nitrogens with zero attached hydrogens (tertiary/aromatic N) is 3. The van der Waals surface area contributed by atoms with Gasteiger partial charge in [0.25, 0.3) is 0 Å². The Morgan fingerprint density at radius 3 is 2.94 bits per heavy atom. The van der Waals surface area contributed by atoms with Crippen LogP contribution >= 0.6 is 23.2 Å². The van der Waals surface area contributed by atoms with Crippen LogP contribution in [0.1, 0.15) is 6.42 Å². The second kappa shape index (κ2) is 6.23. The molecule has 0 heterocycles. The molecule has 16 heavy (non-hydrogen) atoms. The number of carbonyl (C=O) groups excluding carboxylic acids is 1. The van der Waals surface area contributed by atoms with Gasteiger partial charge in [0, 0.05) is 22.9 Å². The number of nitrogens with one attached hydrogen (secondary N) is 1. The number of carbonyl (C=O) groups is 1. The summed E-state index contributed by atoms with van der Waals surface area (Å²) < 4.78 is 0. The molecule has 1 aromatic rings. The highest BCUT2D eigenvalue weighted by Gasteiger charge is 2.05. The normalized spacial score (nSPS) is 9.38. The van der Waals surface area contributed by atoms with E-state index in [9.17, 15) is 4.79 Å². The highest BCUT2D eigenvalue weighted by Crippen LogP contribution is 2.25. The molecule has 1 amide bonds. The van der Waals surface area contributed by atoms with Gasteiger partial charge in [0.05, 0.1) is 10.7 Å². The Morgan fingerprint density at radius 1 is 1.50 bits per heavy atom. The van der Waals surface area contributed by atoms with E-state index in [2.05, 4.69) is 15.3 Å². The molecule has 0 spiro atoms.